The first-order valence-electron chi connectivity index (χ1n) is 6.29. The van der Waals surface area contributed by atoms with Crippen LogP contribution in [0.1, 0.15) is 18.2 Å². The van der Waals surface area contributed by atoms with Gasteiger partial charge in [-0.2, -0.15) is 0 Å². The van der Waals surface area contributed by atoms with Crippen molar-refractivity contribution in [3.8, 4) is 0 Å². The summed E-state index contributed by atoms with van der Waals surface area (Å²) in [6.07, 6.45) is 0. The normalized spacial score (nSPS) is 10.9. The lowest BCUT2D eigenvalue weighted by Gasteiger charge is -2.16. The first-order valence-corrected chi connectivity index (χ1v) is 7.92. The molecule has 2 rings (SSSR count). The highest BCUT2D eigenvalue weighted by Gasteiger charge is 2.10. The first kappa shape index (κ1) is 16.2. The number of amides is 1. The molecule has 0 saturated carbocycles. The summed E-state index contributed by atoms with van der Waals surface area (Å²) in [5.74, 6) is -0.116. The van der Waals surface area contributed by atoms with E-state index in [0.717, 1.165) is 11.3 Å². The molecule has 0 aliphatic rings. The molecule has 0 aliphatic heterocycles. The highest BCUT2D eigenvalue weighted by Crippen LogP contribution is 2.26. The van der Waals surface area contributed by atoms with E-state index in [1.54, 1.807) is 6.07 Å². The number of halogens is 2. The fourth-order valence-corrected chi connectivity index (χ4v) is 3.01. The number of rotatable bonds is 5. The van der Waals surface area contributed by atoms with Crippen LogP contribution in [0.5, 0.6) is 0 Å². The van der Waals surface area contributed by atoms with Crippen molar-refractivity contribution < 1.29 is 4.79 Å². The van der Waals surface area contributed by atoms with Gasteiger partial charge in [0.1, 0.15) is 0 Å². The Balaban J connectivity index is 1.98. The van der Waals surface area contributed by atoms with E-state index in [1.165, 1.54) is 18.3 Å². The molecule has 0 spiro atoms. The Kier molecular flexibility index (Phi) is 5.58. The van der Waals surface area contributed by atoms with Crippen molar-refractivity contribution in [3.05, 3.63) is 44.9 Å². The molecule has 2 aromatic rings. The van der Waals surface area contributed by atoms with Crippen molar-refractivity contribution in [2.24, 2.45) is 0 Å². The second-order valence-corrected chi connectivity index (χ2v) is 6.35. The number of thiazole rings is 1. The predicted molar refractivity (Wildman–Crippen MR) is 88.1 cm³/mol. The number of anilines is 1. The summed E-state index contributed by atoms with van der Waals surface area (Å²) in [4.78, 5) is 17.4. The van der Waals surface area contributed by atoms with Gasteiger partial charge in [0.05, 0.1) is 15.7 Å². The van der Waals surface area contributed by atoms with Crippen molar-refractivity contribution in [1.82, 2.24) is 9.88 Å². The standard InChI is InChI=1S/C14H15Cl2N3OS/c1-9(20)17-14-18-11(8-21-14)7-19(2)6-10-4-3-5-12(15)13(10)16/h3-5,8H,6-7H2,1-2H3,(H,17,18,20). The van der Waals surface area contributed by atoms with E-state index in [-0.39, 0.29) is 5.91 Å². The molecule has 0 atom stereocenters. The van der Waals surface area contributed by atoms with E-state index in [0.29, 0.717) is 28.3 Å². The van der Waals surface area contributed by atoms with Gasteiger partial charge in [0, 0.05) is 25.4 Å². The van der Waals surface area contributed by atoms with Crippen molar-refractivity contribution in [3.63, 3.8) is 0 Å². The largest absolute Gasteiger partial charge is 0.302 e. The maximum atomic E-state index is 11.0. The van der Waals surface area contributed by atoms with Gasteiger partial charge in [-0.3, -0.25) is 9.69 Å². The van der Waals surface area contributed by atoms with Crippen molar-refractivity contribution in [1.29, 1.82) is 0 Å². The Hall–Kier alpha value is -1.14. The number of carbonyl (C=O) groups is 1. The highest BCUT2D eigenvalue weighted by molar-refractivity contribution is 7.13. The minimum absolute atomic E-state index is 0.116. The second kappa shape index (κ2) is 7.22. The number of hydrogen-bond acceptors (Lipinski definition) is 4. The van der Waals surface area contributed by atoms with Crippen LogP contribution in [0.2, 0.25) is 10.0 Å². The summed E-state index contributed by atoms with van der Waals surface area (Å²) in [6, 6.07) is 5.61. The van der Waals surface area contributed by atoms with Gasteiger partial charge >= 0.3 is 0 Å². The average Bonchev–Trinajstić information content (AvgIpc) is 2.81. The molecule has 0 bridgehead atoms. The van der Waals surface area contributed by atoms with Crippen LogP contribution in [0.3, 0.4) is 0 Å². The fourth-order valence-electron chi connectivity index (χ4n) is 1.88. The van der Waals surface area contributed by atoms with Crippen LogP contribution in [0.4, 0.5) is 5.13 Å². The second-order valence-electron chi connectivity index (χ2n) is 4.71. The number of nitrogens with zero attached hydrogens (tertiary/aromatic N) is 2. The zero-order valence-electron chi connectivity index (χ0n) is 11.7. The van der Waals surface area contributed by atoms with Crippen LogP contribution in [0.15, 0.2) is 23.6 Å². The van der Waals surface area contributed by atoms with E-state index in [1.807, 2.05) is 24.6 Å². The number of aromatic nitrogens is 1. The topological polar surface area (TPSA) is 45.2 Å². The molecule has 1 aromatic heterocycles. The molecule has 0 aliphatic carbocycles. The molecule has 4 nitrogen and oxygen atoms in total. The van der Waals surface area contributed by atoms with Crippen LogP contribution in [0, 0.1) is 0 Å². The molecular weight excluding hydrogens is 329 g/mol. The number of hydrogen-bond donors (Lipinski definition) is 1. The van der Waals surface area contributed by atoms with Gasteiger partial charge in [-0.05, 0) is 18.7 Å². The maximum Gasteiger partial charge on any atom is 0.223 e. The Bertz CT molecular complexity index is 645. The Morgan fingerprint density at radius 1 is 1.38 bits per heavy atom. The van der Waals surface area contributed by atoms with Gasteiger partial charge in [0.25, 0.3) is 0 Å². The lowest BCUT2D eigenvalue weighted by molar-refractivity contribution is -0.114. The van der Waals surface area contributed by atoms with Crippen molar-refractivity contribution in [2.75, 3.05) is 12.4 Å². The Morgan fingerprint density at radius 2 is 2.14 bits per heavy atom. The van der Waals surface area contributed by atoms with Gasteiger partial charge < -0.3 is 5.32 Å². The molecule has 0 radical (unpaired) electrons. The number of carbonyl (C=O) groups excluding carboxylic acids is 1. The van der Waals surface area contributed by atoms with E-state index >= 15 is 0 Å². The van der Waals surface area contributed by atoms with E-state index in [4.69, 9.17) is 23.2 Å². The van der Waals surface area contributed by atoms with Gasteiger partial charge in [0.2, 0.25) is 5.91 Å². The highest BCUT2D eigenvalue weighted by atomic mass is 35.5. The molecule has 1 heterocycles. The zero-order valence-corrected chi connectivity index (χ0v) is 14.0. The molecular formula is C14H15Cl2N3OS. The minimum atomic E-state index is -0.116. The van der Waals surface area contributed by atoms with Gasteiger partial charge in [0.15, 0.2) is 5.13 Å². The third kappa shape index (κ3) is 4.68. The van der Waals surface area contributed by atoms with E-state index in [9.17, 15) is 4.79 Å². The summed E-state index contributed by atoms with van der Waals surface area (Å²) in [5.41, 5.74) is 1.88. The first-order chi connectivity index (χ1) is 9.95. The summed E-state index contributed by atoms with van der Waals surface area (Å²) in [5, 5.41) is 6.37. The van der Waals surface area contributed by atoms with Gasteiger partial charge in [-0.25, -0.2) is 4.98 Å². The molecule has 112 valence electrons. The molecule has 0 unspecified atom stereocenters. The summed E-state index contributed by atoms with van der Waals surface area (Å²) in [6.45, 7) is 2.81. The van der Waals surface area contributed by atoms with Crippen LogP contribution in [-0.4, -0.2) is 22.8 Å². The van der Waals surface area contributed by atoms with Crippen LogP contribution >= 0.6 is 34.5 Å². The van der Waals surface area contributed by atoms with Crippen molar-refractivity contribution >= 4 is 45.6 Å². The minimum Gasteiger partial charge on any atom is -0.302 e. The quantitative estimate of drug-likeness (QED) is 0.890. The molecule has 1 N–H and O–H groups in total. The van der Waals surface area contributed by atoms with Crippen LogP contribution < -0.4 is 5.32 Å². The molecule has 7 heteroatoms. The Morgan fingerprint density at radius 3 is 2.86 bits per heavy atom. The molecule has 21 heavy (non-hydrogen) atoms. The zero-order chi connectivity index (χ0) is 15.4. The van der Waals surface area contributed by atoms with Crippen LogP contribution in [-0.2, 0) is 17.9 Å². The van der Waals surface area contributed by atoms with Crippen LogP contribution in [0.25, 0.3) is 0 Å². The predicted octanol–water partition coefficient (Wildman–Crippen LogP) is 4.04. The third-order valence-corrected chi connectivity index (χ3v) is 4.40. The summed E-state index contributed by atoms with van der Waals surface area (Å²) < 4.78 is 0. The number of nitrogens with one attached hydrogen (secondary N) is 1. The fraction of sp³-hybridized carbons (Fsp3) is 0.286. The lowest BCUT2D eigenvalue weighted by Crippen LogP contribution is -2.17. The van der Waals surface area contributed by atoms with E-state index < -0.39 is 0 Å². The third-order valence-electron chi connectivity index (χ3n) is 2.74. The van der Waals surface area contributed by atoms with Gasteiger partial charge in [-0.15, -0.1) is 11.3 Å². The molecule has 1 amide bonds. The number of benzene rings is 1. The monoisotopic (exact) mass is 343 g/mol. The summed E-state index contributed by atoms with van der Waals surface area (Å²) >= 11 is 13.6. The summed E-state index contributed by atoms with van der Waals surface area (Å²) in [7, 11) is 1.98. The molecule has 0 fully saturated rings. The Labute approximate surface area is 137 Å². The molecule has 0 saturated heterocycles. The average molecular weight is 344 g/mol. The molecule has 1 aromatic carbocycles. The van der Waals surface area contributed by atoms with Crippen molar-refractivity contribution in [2.45, 2.75) is 20.0 Å². The van der Waals surface area contributed by atoms with Gasteiger partial charge in [-0.1, -0.05) is 35.3 Å². The smallest absolute Gasteiger partial charge is 0.223 e. The lowest BCUT2D eigenvalue weighted by atomic mass is 10.2. The van der Waals surface area contributed by atoms with E-state index in [2.05, 4.69) is 15.2 Å². The maximum absolute atomic E-state index is 11.0. The SMILES string of the molecule is CC(=O)Nc1nc(CN(C)Cc2cccc(Cl)c2Cl)cs1.